The molecule has 94 valence electrons. The van der Waals surface area contributed by atoms with Crippen LogP contribution < -0.4 is 0 Å². The van der Waals surface area contributed by atoms with Crippen molar-refractivity contribution in [3.63, 3.8) is 0 Å². The highest BCUT2D eigenvalue weighted by Crippen LogP contribution is 2.38. The van der Waals surface area contributed by atoms with Crippen molar-refractivity contribution in [3.05, 3.63) is 34.9 Å². The minimum Gasteiger partial charge on any atom is -0.385 e. The summed E-state index contributed by atoms with van der Waals surface area (Å²) in [6.07, 6.45) is 0.229. The van der Waals surface area contributed by atoms with Crippen LogP contribution in [0.4, 0.5) is 8.78 Å². The second kappa shape index (κ2) is 4.35. The van der Waals surface area contributed by atoms with Crippen LogP contribution in [0.2, 0.25) is 0 Å². The van der Waals surface area contributed by atoms with Crippen LogP contribution in [0.3, 0.4) is 0 Å². The van der Waals surface area contributed by atoms with Gasteiger partial charge >= 0.3 is 0 Å². The molecule has 4 heteroatoms. The molecular weight excluding hydrogens is 226 g/mol. The summed E-state index contributed by atoms with van der Waals surface area (Å²) in [4.78, 5) is 0. The van der Waals surface area contributed by atoms with E-state index in [0.717, 1.165) is 0 Å². The Hall–Kier alpha value is -1.00. The zero-order valence-electron chi connectivity index (χ0n) is 9.96. The van der Waals surface area contributed by atoms with Crippen LogP contribution in [0.15, 0.2) is 12.1 Å². The Bertz CT molecular complexity index is 434. The normalized spacial score (nSPS) is 29.4. The number of aliphatic hydroxyl groups is 1. The molecule has 1 N–H and O–H groups in total. The summed E-state index contributed by atoms with van der Waals surface area (Å²) in [6.45, 7) is 3.66. The van der Waals surface area contributed by atoms with Crippen LogP contribution >= 0.6 is 0 Å². The van der Waals surface area contributed by atoms with E-state index in [1.807, 2.05) is 0 Å². The maximum Gasteiger partial charge on any atom is 0.135 e. The molecule has 1 fully saturated rings. The Morgan fingerprint density at radius 2 is 2.12 bits per heavy atom. The molecule has 0 aromatic heterocycles. The van der Waals surface area contributed by atoms with Crippen LogP contribution in [0.25, 0.3) is 0 Å². The molecule has 0 saturated carbocycles. The van der Waals surface area contributed by atoms with Crippen molar-refractivity contribution in [1.29, 1.82) is 0 Å². The third kappa shape index (κ3) is 2.19. The molecule has 1 aromatic rings. The lowest BCUT2D eigenvalue weighted by Gasteiger charge is -2.36. The van der Waals surface area contributed by atoms with Gasteiger partial charge in [0.2, 0.25) is 0 Å². The van der Waals surface area contributed by atoms with E-state index < -0.39 is 17.2 Å². The van der Waals surface area contributed by atoms with E-state index in [0.29, 0.717) is 12.2 Å². The molecule has 0 aliphatic carbocycles. The SMILES string of the molecule is Cc1ccc(F)c(C2(O)CCOC(C)C2)c1F. The first-order valence-corrected chi connectivity index (χ1v) is 5.73. The number of rotatable bonds is 1. The van der Waals surface area contributed by atoms with Gasteiger partial charge in [0, 0.05) is 12.8 Å². The van der Waals surface area contributed by atoms with Gasteiger partial charge in [-0.25, -0.2) is 8.78 Å². The van der Waals surface area contributed by atoms with Crippen LogP contribution in [0.5, 0.6) is 0 Å². The number of hydrogen-bond acceptors (Lipinski definition) is 2. The van der Waals surface area contributed by atoms with Crippen molar-refractivity contribution in [2.45, 2.75) is 38.4 Å². The number of ether oxygens (including phenoxy) is 1. The Labute approximate surface area is 99.2 Å². The average molecular weight is 242 g/mol. The third-order valence-electron chi connectivity index (χ3n) is 3.29. The highest BCUT2D eigenvalue weighted by Gasteiger charge is 2.39. The zero-order chi connectivity index (χ0) is 12.6. The molecule has 0 radical (unpaired) electrons. The van der Waals surface area contributed by atoms with Gasteiger partial charge in [-0.15, -0.1) is 0 Å². The molecule has 2 rings (SSSR count). The number of benzene rings is 1. The van der Waals surface area contributed by atoms with Crippen molar-refractivity contribution in [2.24, 2.45) is 0 Å². The summed E-state index contributed by atoms with van der Waals surface area (Å²) in [5, 5.41) is 10.4. The Kier molecular flexibility index (Phi) is 3.19. The summed E-state index contributed by atoms with van der Waals surface area (Å²) in [6, 6.07) is 2.58. The fourth-order valence-corrected chi connectivity index (χ4v) is 2.38. The van der Waals surface area contributed by atoms with Gasteiger partial charge < -0.3 is 9.84 Å². The van der Waals surface area contributed by atoms with Crippen LogP contribution in [0, 0.1) is 18.6 Å². The maximum absolute atomic E-state index is 14.0. The number of aryl methyl sites for hydroxylation is 1. The van der Waals surface area contributed by atoms with E-state index in [1.54, 1.807) is 13.8 Å². The minimum absolute atomic E-state index is 0.201. The highest BCUT2D eigenvalue weighted by atomic mass is 19.1. The Morgan fingerprint density at radius 3 is 2.76 bits per heavy atom. The molecule has 17 heavy (non-hydrogen) atoms. The second-order valence-corrected chi connectivity index (χ2v) is 4.72. The summed E-state index contributed by atoms with van der Waals surface area (Å²) in [7, 11) is 0. The van der Waals surface area contributed by atoms with Gasteiger partial charge in [-0.1, -0.05) is 6.07 Å². The Balaban J connectivity index is 2.48. The molecule has 1 heterocycles. The van der Waals surface area contributed by atoms with Gasteiger partial charge in [-0.2, -0.15) is 0 Å². The molecule has 2 unspecified atom stereocenters. The molecule has 2 nitrogen and oxygen atoms in total. The van der Waals surface area contributed by atoms with Crippen molar-refractivity contribution in [1.82, 2.24) is 0 Å². The molecule has 1 saturated heterocycles. The first kappa shape index (κ1) is 12.5. The highest BCUT2D eigenvalue weighted by molar-refractivity contribution is 5.31. The molecule has 0 amide bonds. The summed E-state index contributed by atoms with van der Waals surface area (Å²) < 4.78 is 33.0. The van der Waals surface area contributed by atoms with Gasteiger partial charge in [-0.3, -0.25) is 0 Å². The fourth-order valence-electron chi connectivity index (χ4n) is 2.38. The zero-order valence-corrected chi connectivity index (χ0v) is 9.96. The molecule has 2 atom stereocenters. The van der Waals surface area contributed by atoms with Gasteiger partial charge in [-0.05, 0) is 25.5 Å². The van der Waals surface area contributed by atoms with Crippen LogP contribution in [-0.4, -0.2) is 17.8 Å². The predicted molar refractivity (Wildman–Crippen MR) is 59.6 cm³/mol. The maximum atomic E-state index is 14.0. The van der Waals surface area contributed by atoms with E-state index in [4.69, 9.17) is 4.74 Å². The average Bonchev–Trinajstić information content (AvgIpc) is 2.23. The standard InChI is InChI=1S/C13H16F2O2/c1-8-3-4-10(14)11(12(8)15)13(16)5-6-17-9(2)7-13/h3-4,9,16H,5-7H2,1-2H3. The first-order chi connectivity index (χ1) is 7.94. The molecule has 0 bridgehead atoms. The van der Waals surface area contributed by atoms with Crippen molar-refractivity contribution in [2.75, 3.05) is 6.61 Å². The van der Waals surface area contributed by atoms with E-state index in [9.17, 15) is 13.9 Å². The third-order valence-corrected chi connectivity index (χ3v) is 3.29. The summed E-state index contributed by atoms with van der Waals surface area (Å²) >= 11 is 0. The van der Waals surface area contributed by atoms with Gasteiger partial charge in [0.15, 0.2) is 0 Å². The molecule has 1 aliphatic rings. The summed E-state index contributed by atoms with van der Waals surface area (Å²) in [5.41, 5.74) is -1.33. The molecule has 1 aromatic carbocycles. The van der Waals surface area contributed by atoms with Gasteiger partial charge in [0.1, 0.15) is 11.6 Å². The monoisotopic (exact) mass is 242 g/mol. The molecular formula is C13H16F2O2. The van der Waals surface area contributed by atoms with E-state index in [1.165, 1.54) is 12.1 Å². The van der Waals surface area contributed by atoms with E-state index in [2.05, 4.69) is 0 Å². The van der Waals surface area contributed by atoms with Gasteiger partial charge in [0.25, 0.3) is 0 Å². The number of halogens is 2. The predicted octanol–water partition coefficient (Wildman–Crippen LogP) is 2.66. The first-order valence-electron chi connectivity index (χ1n) is 5.73. The fraction of sp³-hybridized carbons (Fsp3) is 0.538. The van der Waals surface area contributed by atoms with Crippen LogP contribution in [-0.2, 0) is 10.3 Å². The number of hydrogen-bond donors (Lipinski definition) is 1. The molecule has 1 aliphatic heterocycles. The quantitative estimate of drug-likeness (QED) is 0.820. The second-order valence-electron chi connectivity index (χ2n) is 4.72. The van der Waals surface area contributed by atoms with E-state index in [-0.39, 0.29) is 24.5 Å². The smallest absolute Gasteiger partial charge is 0.135 e. The minimum atomic E-state index is -1.46. The lowest BCUT2D eigenvalue weighted by atomic mass is 9.82. The van der Waals surface area contributed by atoms with Crippen molar-refractivity contribution in [3.8, 4) is 0 Å². The van der Waals surface area contributed by atoms with Crippen LogP contribution in [0.1, 0.15) is 30.9 Å². The van der Waals surface area contributed by atoms with E-state index >= 15 is 0 Å². The summed E-state index contributed by atoms with van der Waals surface area (Å²) in [5.74, 6) is -1.34. The van der Waals surface area contributed by atoms with Crippen molar-refractivity contribution >= 4 is 0 Å². The topological polar surface area (TPSA) is 29.5 Å². The largest absolute Gasteiger partial charge is 0.385 e. The lowest BCUT2D eigenvalue weighted by molar-refractivity contribution is -0.104. The Morgan fingerprint density at radius 1 is 1.41 bits per heavy atom. The van der Waals surface area contributed by atoms with Crippen molar-refractivity contribution < 1.29 is 18.6 Å². The van der Waals surface area contributed by atoms with Gasteiger partial charge in [0.05, 0.1) is 23.9 Å². The molecule has 0 spiro atoms. The lowest BCUT2D eigenvalue weighted by Crippen LogP contribution is -2.39.